The van der Waals surface area contributed by atoms with Gasteiger partial charge in [0.1, 0.15) is 12.4 Å². The zero-order valence-corrected chi connectivity index (χ0v) is 16.3. The molecule has 5 nitrogen and oxygen atoms in total. The third kappa shape index (κ3) is 4.84. The number of nitrogens with zero attached hydrogens (tertiary/aromatic N) is 1. The lowest BCUT2D eigenvalue weighted by atomic mass is 9.88. The minimum absolute atomic E-state index is 0.0200. The summed E-state index contributed by atoms with van der Waals surface area (Å²) in [6.07, 6.45) is 2.41. The summed E-state index contributed by atoms with van der Waals surface area (Å²) in [5.41, 5.74) is 1.76. The first-order chi connectivity index (χ1) is 13.6. The maximum absolute atomic E-state index is 11.9. The number of rotatable bonds is 7. The lowest BCUT2D eigenvalue weighted by Crippen LogP contribution is -2.51. The van der Waals surface area contributed by atoms with Gasteiger partial charge in [-0.1, -0.05) is 55.8 Å². The average molecular weight is 383 g/mol. The molecular weight excluding hydrogens is 354 g/mol. The summed E-state index contributed by atoms with van der Waals surface area (Å²) in [6.45, 7) is 2.51. The van der Waals surface area contributed by atoms with Crippen molar-refractivity contribution in [3.05, 3.63) is 65.7 Å². The summed E-state index contributed by atoms with van der Waals surface area (Å²) in [5.74, 6) is 0.670. The molecule has 3 rings (SSSR count). The van der Waals surface area contributed by atoms with E-state index in [2.05, 4.69) is 6.92 Å². The first-order valence-corrected chi connectivity index (χ1v) is 10.1. The van der Waals surface area contributed by atoms with E-state index in [1.54, 1.807) is 0 Å². The van der Waals surface area contributed by atoms with E-state index >= 15 is 0 Å². The van der Waals surface area contributed by atoms with Crippen molar-refractivity contribution in [1.82, 2.24) is 4.90 Å². The van der Waals surface area contributed by atoms with Gasteiger partial charge >= 0.3 is 6.09 Å². The molecule has 0 spiro atoms. The van der Waals surface area contributed by atoms with Gasteiger partial charge in [0.2, 0.25) is 0 Å². The molecule has 1 unspecified atom stereocenters. The molecule has 1 aliphatic heterocycles. The van der Waals surface area contributed by atoms with Crippen LogP contribution in [0, 0.1) is 0 Å². The van der Waals surface area contributed by atoms with Gasteiger partial charge in [-0.3, -0.25) is 4.90 Å². The van der Waals surface area contributed by atoms with Gasteiger partial charge in [-0.2, -0.15) is 0 Å². The molecule has 150 valence electrons. The van der Waals surface area contributed by atoms with Gasteiger partial charge in [-0.15, -0.1) is 0 Å². The molecule has 0 aliphatic carbocycles. The van der Waals surface area contributed by atoms with Crippen LogP contribution in [0.15, 0.2) is 54.6 Å². The molecule has 3 atom stereocenters. The molecule has 2 aromatic rings. The van der Waals surface area contributed by atoms with Crippen LogP contribution >= 0.6 is 0 Å². The van der Waals surface area contributed by atoms with Crippen molar-refractivity contribution < 1.29 is 19.7 Å². The van der Waals surface area contributed by atoms with Gasteiger partial charge in [0.05, 0.1) is 12.1 Å². The van der Waals surface area contributed by atoms with Gasteiger partial charge in [-0.05, 0) is 48.9 Å². The number of piperidine rings is 1. The highest BCUT2D eigenvalue weighted by Crippen LogP contribution is 2.34. The number of amides is 1. The lowest BCUT2D eigenvalue weighted by Gasteiger charge is -2.42. The fourth-order valence-electron chi connectivity index (χ4n) is 4.09. The second-order valence-electron chi connectivity index (χ2n) is 7.42. The van der Waals surface area contributed by atoms with Crippen LogP contribution in [0.25, 0.3) is 0 Å². The largest absolute Gasteiger partial charge is 0.489 e. The number of hydrogen-bond acceptors (Lipinski definition) is 3. The van der Waals surface area contributed by atoms with Crippen LogP contribution in [0.1, 0.15) is 56.3 Å². The fourth-order valence-corrected chi connectivity index (χ4v) is 4.09. The smallest absolute Gasteiger partial charge is 0.407 e. The van der Waals surface area contributed by atoms with Crippen molar-refractivity contribution in [3.8, 4) is 5.75 Å². The van der Waals surface area contributed by atoms with Crippen molar-refractivity contribution in [1.29, 1.82) is 0 Å². The first-order valence-electron chi connectivity index (χ1n) is 10.1. The molecule has 5 heteroatoms. The van der Waals surface area contributed by atoms with Crippen molar-refractivity contribution in [2.45, 2.75) is 63.8 Å². The Morgan fingerprint density at radius 3 is 2.68 bits per heavy atom. The lowest BCUT2D eigenvalue weighted by molar-refractivity contribution is 0.000234. The van der Waals surface area contributed by atoms with Crippen molar-refractivity contribution in [3.63, 3.8) is 0 Å². The third-order valence-electron chi connectivity index (χ3n) is 5.44. The van der Waals surface area contributed by atoms with Crippen molar-refractivity contribution >= 4 is 6.09 Å². The summed E-state index contributed by atoms with van der Waals surface area (Å²) in [7, 11) is 0. The van der Waals surface area contributed by atoms with Crippen LogP contribution in [0.2, 0.25) is 0 Å². The number of carboxylic acid groups (broad SMARTS) is 1. The Balaban J connectivity index is 1.73. The fraction of sp³-hybridized carbons (Fsp3) is 0.435. The highest BCUT2D eigenvalue weighted by molar-refractivity contribution is 5.66. The molecular formula is C23H29NO4. The molecule has 0 radical (unpaired) electrons. The minimum Gasteiger partial charge on any atom is -0.489 e. The molecule has 1 amide bonds. The molecule has 1 heterocycles. The normalized spacial score (nSPS) is 20.6. The molecule has 28 heavy (non-hydrogen) atoms. The number of aliphatic hydroxyl groups excluding tert-OH is 1. The summed E-state index contributed by atoms with van der Waals surface area (Å²) in [4.78, 5) is 13.4. The number of aliphatic hydroxyl groups is 1. The summed E-state index contributed by atoms with van der Waals surface area (Å²) in [6, 6.07) is 16.8. The number of benzene rings is 2. The SMILES string of the molecule is CCC[C@H]1CCC[C@H](C(O)c2cccc(OCc3ccccc3)c2)N1C(=O)O. The second kappa shape index (κ2) is 9.60. The summed E-state index contributed by atoms with van der Waals surface area (Å²) in [5, 5.41) is 20.8. The number of ether oxygens (including phenoxy) is 1. The van der Waals surface area contributed by atoms with Crippen LogP contribution in [0.4, 0.5) is 4.79 Å². The third-order valence-corrected chi connectivity index (χ3v) is 5.44. The highest BCUT2D eigenvalue weighted by atomic mass is 16.5. The van der Waals surface area contributed by atoms with E-state index in [9.17, 15) is 15.0 Å². The maximum Gasteiger partial charge on any atom is 0.407 e. The number of likely N-dealkylation sites (tertiary alicyclic amines) is 1. The van der Waals surface area contributed by atoms with E-state index in [0.29, 0.717) is 24.3 Å². The Bertz CT molecular complexity index is 762. The molecule has 0 saturated carbocycles. The predicted octanol–water partition coefficient (Wildman–Crippen LogP) is 5.00. The Kier molecular flexibility index (Phi) is 6.93. The van der Waals surface area contributed by atoms with Gasteiger partial charge in [0, 0.05) is 6.04 Å². The molecule has 2 N–H and O–H groups in total. The molecule has 0 aromatic heterocycles. The second-order valence-corrected chi connectivity index (χ2v) is 7.42. The Hall–Kier alpha value is -2.53. The first kappa shape index (κ1) is 20.2. The van der Waals surface area contributed by atoms with Crippen LogP contribution in [0.5, 0.6) is 5.75 Å². The number of carbonyl (C=O) groups is 1. The Morgan fingerprint density at radius 2 is 1.96 bits per heavy atom. The Labute approximate surface area is 166 Å². The molecule has 1 aliphatic rings. The maximum atomic E-state index is 11.9. The quantitative estimate of drug-likeness (QED) is 0.706. The minimum atomic E-state index is -0.946. The van der Waals surface area contributed by atoms with E-state index < -0.39 is 18.2 Å². The molecule has 2 aromatic carbocycles. The average Bonchev–Trinajstić information content (AvgIpc) is 2.72. The van der Waals surface area contributed by atoms with Crippen LogP contribution in [-0.4, -0.2) is 33.3 Å². The standard InChI is InChI=1S/C23H29NO4/c1-2-8-19-12-7-14-21(24(19)23(26)27)22(25)18-11-6-13-20(15-18)28-16-17-9-4-3-5-10-17/h3-6,9-11,13,15,19,21-22,25H,2,7-8,12,14,16H2,1H3,(H,26,27)/t19-,21+,22?/m0/s1. The van der Waals surface area contributed by atoms with Gasteiger partial charge in [0.25, 0.3) is 0 Å². The van der Waals surface area contributed by atoms with Crippen molar-refractivity contribution in [2.75, 3.05) is 0 Å². The molecule has 1 fully saturated rings. The van der Waals surface area contributed by atoms with E-state index in [-0.39, 0.29) is 6.04 Å². The van der Waals surface area contributed by atoms with Gasteiger partial charge in [-0.25, -0.2) is 4.79 Å². The molecule has 0 bridgehead atoms. The summed E-state index contributed by atoms with van der Waals surface area (Å²) < 4.78 is 5.86. The van der Waals surface area contributed by atoms with Gasteiger partial charge in [0.15, 0.2) is 0 Å². The zero-order valence-electron chi connectivity index (χ0n) is 16.3. The van der Waals surface area contributed by atoms with Gasteiger partial charge < -0.3 is 14.9 Å². The van der Waals surface area contributed by atoms with E-state index in [0.717, 1.165) is 31.2 Å². The van der Waals surface area contributed by atoms with Crippen molar-refractivity contribution in [2.24, 2.45) is 0 Å². The predicted molar refractivity (Wildman–Crippen MR) is 108 cm³/mol. The van der Waals surface area contributed by atoms with E-state index in [1.807, 2.05) is 54.6 Å². The Morgan fingerprint density at radius 1 is 1.18 bits per heavy atom. The monoisotopic (exact) mass is 383 g/mol. The van der Waals surface area contributed by atoms with Crippen LogP contribution in [0.3, 0.4) is 0 Å². The van der Waals surface area contributed by atoms with E-state index in [4.69, 9.17) is 4.74 Å². The molecule has 1 saturated heterocycles. The van der Waals surface area contributed by atoms with E-state index in [1.165, 1.54) is 4.90 Å². The summed E-state index contributed by atoms with van der Waals surface area (Å²) >= 11 is 0. The zero-order chi connectivity index (χ0) is 19.9. The van der Waals surface area contributed by atoms with Crippen LogP contribution in [-0.2, 0) is 6.61 Å². The highest BCUT2D eigenvalue weighted by Gasteiger charge is 2.38. The topological polar surface area (TPSA) is 70.0 Å². The number of hydrogen-bond donors (Lipinski definition) is 2. The van der Waals surface area contributed by atoms with Crippen LogP contribution < -0.4 is 4.74 Å².